The molecule has 3 nitrogen and oxygen atoms in total. The van der Waals surface area contributed by atoms with Crippen LogP contribution in [0.2, 0.25) is 0 Å². The standard InChI is InChI=1S/C15H29NO2/c1-12(2)15(3,18)11-16-14(17)10-13-8-6-4-5-7-9-13/h12-13,18H,4-11H2,1-3H3,(H,16,17). The van der Waals surface area contributed by atoms with Gasteiger partial charge in [0.05, 0.1) is 5.60 Å². The number of nitrogens with one attached hydrogen (secondary N) is 1. The Kier molecular flexibility index (Phi) is 6.13. The van der Waals surface area contributed by atoms with Gasteiger partial charge >= 0.3 is 0 Å². The van der Waals surface area contributed by atoms with Crippen LogP contribution in [0, 0.1) is 11.8 Å². The lowest BCUT2D eigenvalue weighted by Crippen LogP contribution is -2.44. The van der Waals surface area contributed by atoms with E-state index < -0.39 is 5.60 Å². The number of hydrogen-bond acceptors (Lipinski definition) is 2. The Balaban J connectivity index is 2.28. The van der Waals surface area contributed by atoms with E-state index in [1.165, 1.54) is 38.5 Å². The number of rotatable bonds is 5. The molecule has 1 aliphatic carbocycles. The van der Waals surface area contributed by atoms with Crippen molar-refractivity contribution in [2.45, 2.75) is 71.3 Å². The van der Waals surface area contributed by atoms with Crippen LogP contribution in [0.1, 0.15) is 65.7 Å². The first-order valence-electron chi connectivity index (χ1n) is 7.41. The van der Waals surface area contributed by atoms with E-state index in [4.69, 9.17) is 0 Å². The maximum atomic E-state index is 11.9. The Hall–Kier alpha value is -0.570. The van der Waals surface area contributed by atoms with Crippen LogP contribution in [0.4, 0.5) is 0 Å². The molecule has 1 atom stereocenters. The molecular weight excluding hydrogens is 226 g/mol. The van der Waals surface area contributed by atoms with E-state index in [0.29, 0.717) is 18.9 Å². The zero-order valence-electron chi connectivity index (χ0n) is 12.2. The summed E-state index contributed by atoms with van der Waals surface area (Å²) < 4.78 is 0. The third-order valence-electron chi connectivity index (χ3n) is 4.34. The van der Waals surface area contributed by atoms with E-state index in [9.17, 15) is 9.90 Å². The van der Waals surface area contributed by atoms with Gasteiger partial charge in [0.1, 0.15) is 0 Å². The third kappa shape index (κ3) is 5.38. The van der Waals surface area contributed by atoms with Gasteiger partial charge in [-0.3, -0.25) is 4.79 Å². The van der Waals surface area contributed by atoms with Crippen LogP contribution in [0.5, 0.6) is 0 Å². The summed E-state index contributed by atoms with van der Waals surface area (Å²) in [6.45, 7) is 6.08. The van der Waals surface area contributed by atoms with E-state index >= 15 is 0 Å². The van der Waals surface area contributed by atoms with Gasteiger partial charge in [-0.1, -0.05) is 39.5 Å². The zero-order valence-corrected chi connectivity index (χ0v) is 12.2. The number of hydrogen-bond donors (Lipinski definition) is 2. The Morgan fingerprint density at radius 3 is 2.33 bits per heavy atom. The molecule has 0 aliphatic heterocycles. The van der Waals surface area contributed by atoms with Crippen LogP contribution in [0.25, 0.3) is 0 Å². The SMILES string of the molecule is CC(C)C(C)(O)CNC(=O)CC1CCCCCC1. The summed E-state index contributed by atoms with van der Waals surface area (Å²) in [5.74, 6) is 0.801. The molecule has 1 unspecified atom stereocenters. The summed E-state index contributed by atoms with van der Waals surface area (Å²) in [5.41, 5.74) is -0.806. The summed E-state index contributed by atoms with van der Waals surface area (Å²) in [5, 5.41) is 13.0. The highest BCUT2D eigenvalue weighted by atomic mass is 16.3. The molecule has 1 amide bonds. The molecule has 0 bridgehead atoms. The highest BCUT2D eigenvalue weighted by Gasteiger charge is 2.25. The minimum atomic E-state index is -0.806. The van der Waals surface area contributed by atoms with Crippen molar-refractivity contribution >= 4 is 5.91 Å². The molecule has 0 heterocycles. The summed E-state index contributed by atoms with van der Waals surface area (Å²) in [6.07, 6.45) is 8.18. The predicted octanol–water partition coefficient (Wildman–Crippen LogP) is 2.87. The zero-order chi connectivity index (χ0) is 13.6. The van der Waals surface area contributed by atoms with Gasteiger partial charge in [-0.25, -0.2) is 0 Å². The second-order valence-corrected chi connectivity index (χ2v) is 6.35. The summed E-state index contributed by atoms with van der Waals surface area (Å²) in [4.78, 5) is 11.9. The molecular formula is C15H29NO2. The Labute approximate surface area is 111 Å². The van der Waals surface area contributed by atoms with Gasteiger partial charge in [0, 0.05) is 13.0 Å². The highest BCUT2D eigenvalue weighted by molar-refractivity contribution is 5.76. The lowest BCUT2D eigenvalue weighted by molar-refractivity contribution is -0.123. The molecule has 1 saturated carbocycles. The van der Waals surface area contributed by atoms with Crippen molar-refractivity contribution in [1.29, 1.82) is 0 Å². The summed E-state index contributed by atoms with van der Waals surface area (Å²) >= 11 is 0. The minimum Gasteiger partial charge on any atom is -0.388 e. The predicted molar refractivity (Wildman–Crippen MR) is 74.3 cm³/mol. The Morgan fingerprint density at radius 1 is 1.28 bits per heavy atom. The van der Waals surface area contributed by atoms with Crippen molar-refractivity contribution in [1.82, 2.24) is 5.32 Å². The largest absolute Gasteiger partial charge is 0.388 e. The molecule has 106 valence electrons. The molecule has 2 N–H and O–H groups in total. The van der Waals surface area contributed by atoms with Crippen LogP contribution in [0.15, 0.2) is 0 Å². The average molecular weight is 255 g/mol. The molecule has 0 saturated heterocycles. The van der Waals surface area contributed by atoms with Crippen molar-refractivity contribution in [2.75, 3.05) is 6.54 Å². The average Bonchev–Trinajstić information content (AvgIpc) is 2.55. The lowest BCUT2D eigenvalue weighted by atomic mass is 9.92. The number of carbonyl (C=O) groups is 1. The van der Waals surface area contributed by atoms with Crippen molar-refractivity contribution in [2.24, 2.45) is 11.8 Å². The normalized spacial score (nSPS) is 21.4. The highest BCUT2D eigenvalue weighted by Crippen LogP contribution is 2.25. The van der Waals surface area contributed by atoms with Gasteiger partial charge in [0.25, 0.3) is 0 Å². The summed E-state index contributed by atoms with van der Waals surface area (Å²) in [6, 6.07) is 0. The monoisotopic (exact) mass is 255 g/mol. The van der Waals surface area contributed by atoms with Crippen molar-refractivity contribution in [3.05, 3.63) is 0 Å². The van der Waals surface area contributed by atoms with Crippen LogP contribution >= 0.6 is 0 Å². The Bertz CT molecular complexity index is 253. The number of aliphatic hydroxyl groups is 1. The molecule has 0 aromatic heterocycles. The lowest BCUT2D eigenvalue weighted by Gasteiger charge is -2.28. The van der Waals surface area contributed by atoms with Gasteiger partial charge in [0.2, 0.25) is 5.91 Å². The van der Waals surface area contributed by atoms with E-state index in [-0.39, 0.29) is 11.8 Å². The molecule has 1 rings (SSSR count). The van der Waals surface area contributed by atoms with Gasteiger partial charge in [-0.2, -0.15) is 0 Å². The first kappa shape index (κ1) is 15.5. The van der Waals surface area contributed by atoms with Gasteiger partial charge < -0.3 is 10.4 Å². The minimum absolute atomic E-state index is 0.0998. The topological polar surface area (TPSA) is 49.3 Å². The van der Waals surface area contributed by atoms with Crippen LogP contribution in [0.3, 0.4) is 0 Å². The quantitative estimate of drug-likeness (QED) is 0.742. The molecule has 1 aliphatic rings. The van der Waals surface area contributed by atoms with E-state index in [2.05, 4.69) is 5.32 Å². The fourth-order valence-electron chi connectivity index (χ4n) is 2.38. The summed E-state index contributed by atoms with van der Waals surface area (Å²) in [7, 11) is 0. The first-order chi connectivity index (χ1) is 8.42. The van der Waals surface area contributed by atoms with Crippen molar-refractivity contribution < 1.29 is 9.90 Å². The van der Waals surface area contributed by atoms with Gasteiger partial charge in [0.15, 0.2) is 0 Å². The van der Waals surface area contributed by atoms with E-state index in [1.54, 1.807) is 6.92 Å². The van der Waals surface area contributed by atoms with Crippen LogP contribution < -0.4 is 5.32 Å². The number of carbonyl (C=O) groups excluding carboxylic acids is 1. The van der Waals surface area contributed by atoms with Gasteiger partial charge in [-0.05, 0) is 31.6 Å². The molecule has 0 radical (unpaired) electrons. The van der Waals surface area contributed by atoms with Crippen LogP contribution in [-0.4, -0.2) is 23.2 Å². The molecule has 0 spiro atoms. The van der Waals surface area contributed by atoms with Crippen LogP contribution in [-0.2, 0) is 4.79 Å². The van der Waals surface area contributed by atoms with Crippen molar-refractivity contribution in [3.63, 3.8) is 0 Å². The fraction of sp³-hybridized carbons (Fsp3) is 0.933. The van der Waals surface area contributed by atoms with Gasteiger partial charge in [-0.15, -0.1) is 0 Å². The third-order valence-corrected chi connectivity index (χ3v) is 4.34. The molecule has 1 fully saturated rings. The molecule has 3 heteroatoms. The second kappa shape index (κ2) is 7.13. The molecule has 0 aromatic rings. The second-order valence-electron chi connectivity index (χ2n) is 6.35. The van der Waals surface area contributed by atoms with E-state index in [1.807, 2.05) is 13.8 Å². The molecule has 18 heavy (non-hydrogen) atoms. The Morgan fingerprint density at radius 2 is 1.83 bits per heavy atom. The molecule has 0 aromatic carbocycles. The van der Waals surface area contributed by atoms with Crippen molar-refractivity contribution in [3.8, 4) is 0 Å². The first-order valence-corrected chi connectivity index (χ1v) is 7.41. The number of amides is 1. The maximum absolute atomic E-state index is 11.9. The van der Waals surface area contributed by atoms with E-state index in [0.717, 1.165) is 0 Å². The fourth-order valence-corrected chi connectivity index (χ4v) is 2.38. The smallest absolute Gasteiger partial charge is 0.220 e. The maximum Gasteiger partial charge on any atom is 0.220 e.